The Kier molecular flexibility index (Phi) is 4.54. The third-order valence-electron chi connectivity index (χ3n) is 6.06. The zero-order valence-corrected chi connectivity index (χ0v) is 14.2. The molecule has 3 atom stereocenters. The summed E-state index contributed by atoms with van der Waals surface area (Å²) < 4.78 is 12.7. The molecule has 0 aromatic carbocycles. The van der Waals surface area contributed by atoms with Crippen molar-refractivity contribution in [2.75, 3.05) is 13.2 Å². The van der Waals surface area contributed by atoms with E-state index in [-0.39, 0.29) is 11.1 Å². The first-order valence-corrected chi connectivity index (χ1v) is 8.40. The summed E-state index contributed by atoms with van der Waals surface area (Å²) in [6.45, 7) is 15.4. The number of piperidine rings is 1. The molecule has 0 aliphatic carbocycles. The molecule has 3 heteroatoms. The highest BCUT2D eigenvalue weighted by Gasteiger charge is 2.57. The molecule has 20 heavy (non-hydrogen) atoms. The van der Waals surface area contributed by atoms with Gasteiger partial charge < -0.3 is 14.8 Å². The predicted octanol–water partition coefficient (Wildman–Crippen LogP) is 3.72. The molecule has 2 aliphatic heterocycles. The highest BCUT2D eigenvalue weighted by atomic mass is 16.7. The summed E-state index contributed by atoms with van der Waals surface area (Å²) >= 11 is 0. The lowest BCUT2D eigenvalue weighted by molar-refractivity contribution is -0.337. The summed E-state index contributed by atoms with van der Waals surface area (Å²) in [5.41, 5.74) is 0.165. The molecule has 2 aliphatic rings. The van der Waals surface area contributed by atoms with Crippen LogP contribution < -0.4 is 5.32 Å². The molecule has 0 aromatic rings. The molecule has 2 heterocycles. The van der Waals surface area contributed by atoms with E-state index in [1.165, 1.54) is 0 Å². The lowest BCUT2D eigenvalue weighted by Gasteiger charge is -2.59. The van der Waals surface area contributed by atoms with Crippen LogP contribution >= 0.6 is 0 Å². The van der Waals surface area contributed by atoms with Crippen LogP contribution in [0.1, 0.15) is 67.2 Å². The van der Waals surface area contributed by atoms with Gasteiger partial charge in [0.05, 0.1) is 13.2 Å². The number of nitrogens with one attached hydrogen (secondary N) is 1. The Hall–Kier alpha value is -0.120. The van der Waals surface area contributed by atoms with Crippen molar-refractivity contribution in [2.45, 2.75) is 84.1 Å². The van der Waals surface area contributed by atoms with Crippen LogP contribution in [-0.2, 0) is 9.47 Å². The monoisotopic (exact) mass is 283 g/mol. The molecule has 1 spiro atoms. The minimum absolute atomic E-state index is 0.0715. The second-order valence-corrected chi connectivity index (χ2v) is 7.42. The van der Waals surface area contributed by atoms with Crippen LogP contribution in [0.2, 0.25) is 0 Å². The maximum Gasteiger partial charge on any atom is 0.174 e. The van der Waals surface area contributed by atoms with Gasteiger partial charge in [0.2, 0.25) is 0 Å². The van der Waals surface area contributed by atoms with E-state index in [9.17, 15) is 0 Å². The van der Waals surface area contributed by atoms with Crippen LogP contribution in [0.5, 0.6) is 0 Å². The van der Waals surface area contributed by atoms with E-state index in [0.717, 1.165) is 38.9 Å². The van der Waals surface area contributed by atoms with Crippen LogP contribution in [0.15, 0.2) is 0 Å². The molecule has 0 bridgehead atoms. The van der Waals surface area contributed by atoms with E-state index in [1.807, 2.05) is 0 Å². The molecule has 2 saturated heterocycles. The van der Waals surface area contributed by atoms with Gasteiger partial charge in [-0.15, -0.1) is 0 Å². The maximum atomic E-state index is 6.35. The molecule has 118 valence electrons. The van der Waals surface area contributed by atoms with Gasteiger partial charge in [-0.25, -0.2) is 0 Å². The van der Waals surface area contributed by atoms with Crippen molar-refractivity contribution in [1.29, 1.82) is 0 Å². The van der Waals surface area contributed by atoms with Crippen molar-refractivity contribution in [3.8, 4) is 0 Å². The smallest absolute Gasteiger partial charge is 0.174 e. The lowest BCUT2D eigenvalue weighted by Crippen LogP contribution is -2.72. The Morgan fingerprint density at radius 1 is 1.05 bits per heavy atom. The minimum Gasteiger partial charge on any atom is -0.349 e. The molecular weight excluding hydrogens is 250 g/mol. The topological polar surface area (TPSA) is 30.5 Å². The molecular formula is C17H33NO2. The number of hydrogen-bond acceptors (Lipinski definition) is 3. The Morgan fingerprint density at radius 3 is 2.10 bits per heavy atom. The fourth-order valence-electron chi connectivity index (χ4n) is 3.83. The zero-order chi connectivity index (χ0) is 15.0. The minimum atomic E-state index is -0.396. The number of ether oxygens (including phenoxy) is 2. The predicted molar refractivity (Wildman–Crippen MR) is 82.7 cm³/mol. The summed E-state index contributed by atoms with van der Waals surface area (Å²) in [6.07, 6.45) is 4.28. The van der Waals surface area contributed by atoms with Crippen LogP contribution in [0.3, 0.4) is 0 Å². The largest absolute Gasteiger partial charge is 0.349 e. The summed E-state index contributed by atoms with van der Waals surface area (Å²) in [6, 6.07) is 0. The van der Waals surface area contributed by atoms with Gasteiger partial charge >= 0.3 is 0 Å². The average molecular weight is 283 g/mol. The average Bonchev–Trinajstić information content (AvgIpc) is 2.46. The molecule has 1 N–H and O–H groups in total. The van der Waals surface area contributed by atoms with Crippen LogP contribution in [0.4, 0.5) is 0 Å². The maximum absolute atomic E-state index is 6.35. The van der Waals surface area contributed by atoms with Gasteiger partial charge in [0.25, 0.3) is 0 Å². The molecule has 0 amide bonds. The molecule has 0 saturated carbocycles. The van der Waals surface area contributed by atoms with E-state index < -0.39 is 5.79 Å². The standard InChI is InChI=1S/C17H33NO2/c1-7-14-10-19-17(20-11-14)12-15(5,8-2)18-16(6,9-3)13(17)4/h13-14,18H,7-12H2,1-6H3. The summed E-state index contributed by atoms with van der Waals surface area (Å²) in [4.78, 5) is 0. The molecule has 0 aromatic heterocycles. The first-order chi connectivity index (χ1) is 9.33. The third kappa shape index (κ3) is 2.65. The Balaban J connectivity index is 2.26. The Labute approximate surface area is 124 Å². The van der Waals surface area contributed by atoms with Gasteiger partial charge in [-0.05, 0) is 33.1 Å². The lowest BCUT2D eigenvalue weighted by atomic mass is 9.67. The van der Waals surface area contributed by atoms with Crippen molar-refractivity contribution in [3.05, 3.63) is 0 Å². The Morgan fingerprint density at radius 2 is 1.65 bits per heavy atom. The molecule has 0 radical (unpaired) electrons. The molecule has 3 unspecified atom stereocenters. The summed E-state index contributed by atoms with van der Waals surface area (Å²) in [5, 5.41) is 3.89. The molecule has 2 rings (SSSR count). The summed E-state index contributed by atoms with van der Waals surface area (Å²) in [5.74, 6) is 0.521. The second kappa shape index (κ2) is 5.58. The highest BCUT2D eigenvalue weighted by molar-refractivity contribution is 5.08. The first kappa shape index (κ1) is 16.3. The van der Waals surface area contributed by atoms with Gasteiger partial charge in [0.15, 0.2) is 5.79 Å². The van der Waals surface area contributed by atoms with E-state index >= 15 is 0 Å². The first-order valence-electron chi connectivity index (χ1n) is 8.40. The number of hydrogen-bond donors (Lipinski definition) is 1. The van der Waals surface area contributed by atoms with Crippen LogP contribution in [0.25, 0.3) is 0 Å². The van der Waals surface area contributed by atoms with Gasteiger partial charge in [-0.2, -0.15) is 0 Å². The quantitative estimate of drug-likeness (QED) is 0.856. The zero-order valence-electron chi connectivity index (χ0n) is 14.2. The van der Waals surface area contributed by atoms with E-state index in [4.69, 9.17) is 9.47 Å². The van der Waals surface area contributed by atoms with Crippen LogP contribution in [0, 0.1) is 11.8 Å². The van der Waals surface area contributed by atoms with E-state index in [0.29, 0.717) is 11.8 Å². The normalized spacial score (nSPS) is 49.5. The van der Waals surface area contributed by atoms with Crippen molar-refractivity contribution in [1.82, 2.24) is 5.32 Å². The van der Waals surface area contributed by atoms with Gasteiger partial charge in [0.1, 0.15) is 0 Å². The fraction of sp³-hybridized carbons (Fsp3) is 1.00. The van der Waals surface area contributed by atoms with Crippen molar-refractivity contribution in [2.24, 2.45) is 11.8 Å². The van der Waals surface area contributed by atoms with E-state index in [2.05, 4.69) is 46.9 Å². The molecule has 3 nitrogen and oxygen atoms in total. The second-order valence-electron chi connectivity index (χ2n) is 7.42. The van der Waals surface area contributed by atoms with Gasteiger partial charge in [0, 0.05) is 29.3 Å². The van der Waals surface area contributed by atoms with Gasteiger partial charge in [-0.3, -0.25) is 0 Å². The third-order valence-corrected chi connectivity index (χ3v) is 6.06. The van der Waals surface area contributed by atoms with Crippen LogP contribution in [-0.4, -0.2) is 30.1 Å². The SMILES string of the molecule is CCC1COC2(CC(C)(CC)NC(C)(CC)C2C)OC1. The van der Waals surface area contributed by atoms with Gasteiger partial charge in [-0.1, -0.05) is 27.7 Å². The van der Waals surface area contributed by atoms with E-state index in [1.54, 1.807) is 0 Å². The summed E-state index contributed by atoms with van der Waals surface area (Å²) in [7, 11) is 0. The van der Waals surface area contributed by atoms with Crippen molar-refractivity contribution >= 4 is 0 Å². The highest BCUT2D eigenvalue weighted by Crippen LogP contribution is 2.47. The Bertz CT molecular complexity index is 338. The van der Waals surface area contributed by atoms with Crippen molar-refractivity contribution < 1.29 is 9.47 Å². The fourth-order valence-corrected chi connectivity index (χ4v) is 3.83. The van der Waals surface area contributed by atoms with Crippen molar-refractivity contribution in [3.63, 3.8) is 0 Å². The molecule has 2 fully saturated rings. The number of rotatable bonds is 3.